The highest BCUT2D eigenvalue weighted by atomic mass is 14.6. The highest BCUT2D eigenvalue weighted by molar-refractivity contribution is 5.76. The van der Waals surface area contributed by atoms with E-state index >= 15 is 0 Å². The van der Waals surface area contributed by atoms with Gasteiger partial charge in [-0.25, -0.2) is 0 Å². The van der Waals surface area contributed by atoms with Gasteiger partial charge in [-0.15, -0.1) is 0 Å². The van der Waals surface area contributed by atoms with Crippen LogP contribution in [0, 0.1) is 21.7 Å². The Morgan fingerprint density at radius 3 is 1.27 bits per heavy atom. The van der Waals surface area contributed by atoms with Crippen LogP contribution < -0.4 is 0 Å². The fourth-order valence-corrected chi connectivity index (χ4v) is 6.54. The van der Waals surface area contributed by atoms with E-state index in [1.807, 2.05) is 0 Å². The smallest absolute Gasteiger partial charge is 0.0315 e. The van der Waals surface area contributed by atoms with Crippen molar-refractivity contribution in [3.8, 4) is 0 Å². The summed E-state index contributed by atoms with van der Waals surface area (Å²) in [6.07, 6.45) is 20.9. The summed E-state index contributed by atoms with van der Waals surface area (Å²) in [7, 11) is 0. The minimum Gasteiger partial charge on any atom is -0.0686 e. The molecule has 0 saturated heterocycles. The maximum absolute atomic E-state index is 2.54. The van der Waals surface area contributed by atoms with Crippen LogP contribution in [0.2, 0.25) is 0 Å². The Labute approximate surface area is 201 Å². The number of rotatable bonds is 0. The molecule has 172 valence electrons. The molecule has 5 aliphatic carbocycles. The first-order valence-corrected chi connectivity index (χ1v) is 12.6. The second-order valence-corrected chi connectivity index (χ2v) is 13.3. The van der Waals surface area contributed by atoms with Crippen molar-refractivity contribution in [1.82, 2.24) is 0 Å². The molecule has 0 amide bonds. The fourth-order valence-electron chi connectivity index (χ4n) is 6.54. The highest BCUT2D eigenvalue weighted by Gasteiger charge is 2.59. The topological polar surface area (TPSA) is 0 Å². The molecule has 0 heterocycles. The first-order chi connectivity index (χ1) is 15.2. The molecule has 0 aromatic heterocycles. The second-order valence-electron chi connectivity index (χ2n) is 13.3. The van der Waals surface area contributed by atoms with Crippen LogP contribution in [-0.4, -0.2) is 0 Å². The summed E-state index contributed by atoms with van der Waals surface area (Å²) < 4.78 is 0. The number of hydrogen-bond donors (Lipinski definition) is 0. The normalized spacial score (nSPS) is 31.0. The predicted molar refractivity (Wildman–Crippen MR) is 143 cm³/mol. The van der Waals surface area contributed by atoms with Crippen LogP contribution in [0.5, 0.6) is 0 Å². The summed E-state index contributed by atoms with van der Waals surface area (Å²) in [5.74, 6) is 0. The zero-order valence-electron chi connectivity index (χ0n) is 22.3. The molecule has 0 nitrogen and oxygen atoms in total. The molecule has 0 spiro atoms. The van der Waals surface area contributed by atoms with Gasteiger partial charge in [-0.2, -0.15) is 0 Å². The molecule has 2 atom stereocenters. The summed E-state index contributed by atoms with van der Waals surface area (Å²) in [5, 5.41) is 0. The molecule has 0 saturated carbocycles. The van der Waals surface area contributed by atoms with Crippen LogP contribution >= 0.6 is 0 Å². The van der Waals surface area contributed by atoms with Crippen molar-refractivity contribution >= 4 is 0 Å². The summed E-state index contributed by atoms with van der Waals surface area (Å²) in [6, 6.07) is 0. The molecule has 0 aromatic carbocycles. The quantitative estimate of drug-likeness (QED) is 0.355. The Bertz CT molecular complexity index is 1160. The molecule has 0 heteroatoms. The van der Waals surface area contributed by atoms with Crippen molar-refractivity contribution in [2.24, 2.45) is 21.7 Å². The van der Waals surface area contributed by atoms with Crippen LogP contribution in [0.4, 0.5) is 0 Å². The van der Waals surface area contributed by atoms with Crippen LogP contribution in [0.25, 0.3) is 0 Å². The molecule has 33 heavy (non-hydrogen) atoms. The predicted octanol–water partition coefficient (Wildman–Crippen LogP) is 9.30. The summed E-state index contributed by atoms with van der Waals surface area (Å²) in [5.41, 5.74) is 14.6. The van der Waals surface area contributed by atoms with E-state index in [9.17, 15) is 0 Å². The molecular formula is C33H40. The first-order valence-electron chi connectivity index (χ1n) is 12.6. The number of hydrogen-bond acceptors (Lipinski definition) is 0. The number of fused-ring (bicyclic) bond motifs is 1. The zero-order valence-corrected chi connectivity index (χ0v) is 22.3. The Morgan fingerprint density at radius 1 is 0.576 bits per heavy atom. The Kier molecular flexibility index (Phi) is 4.50. The van der Waals surface area contributed by atoms with Crippen LogP contribution in [0.15, 0.2) is 104 Å². The third-order valence-electron chi connectivity index (χ3n) is 8.84. The van der Waals surface area contributed by atoms with Gasteiger partial charge < -0.3 is 0 Å². The third kappa shape index (κ3) is 2.95. The maximum atomic E-state index is 2.54. The molecule has 5 aliphatic rings. The Morgan fingerprint density at radius 2 is 0.939 bits per heavy atom. The first kappa shape index (κ1) is 22.5. The summed E-state index contributed by atoms with van der Waals surface area (Å²) in [4.78, 5) is 0. The SMILES string of the molecule is CC1=CC2=C3C=C(C(C)(C)C)C=C4C=CC5=CC(C(C)(C)C)=CC(=C2C=C(C)C1)[C@@]5(C)[C@@]43C. The van der Waals surface area contributed by atoms with Gasteiger partial charge in [0.25, 0.3) is 0 Å². The molecule has 0 aliphatic heterocycles. The summed E-state index contributed by atoms with van der Waals surface area (Å²) >= 11 is 0. The third-order valence-corrected chi connectivity index (χ3v) is 8.84. The van der Waals surface area contributed by atoms with E-state index in [0.717, 1.165) is 6.42 Å². The Hall–Kier alpha value is -2.34. The monoisotopic (exact) mass is 436 g/mol. The van der Waals surface area contributed by atoms with Gasteiger partial charge in [0.05, 0.1) is 0 Å². The second kappa shape index (κ2) is 6.62. The highest BCUT2D eigenvalue weighted by Crippen LogP contribution is 2.69. The van der Waals surface area contributed by atoms with E-state index in [1.165, 1.54) is 55.7 Å². The average Bonchev–Trinajstić information content (AvgIpc) is 2.82. The number of allylic oxidation sites excluding steroid dienone is 18. The fraction of sp³-hybridized carbons (Fsp3) is 0.455. The van der Waals surface area contributed by atoms with Crippen molar-refractivity contribution in [2.75, 3.05) is 0 Å². The van der Waals surface area contributed by atoms with Crippen molar-refractivity contribution in [3.63, 3.8) is 0 Å². The lowest BCUT2D eigenvalue weighted by Gasteiger charge is -2.58. The van der Waals surface area contributed by atoms with Gasteiger partial charge in [-0.3, -0.25) is 0 Å². The molecule has 5 rings (SSSR count). The van der Waals surface area contributed by atoms with Crippen LogP contribution in [0.3, 0.4) is 0 Å². The lowest BCUT2D eigenvalue weighted by molar-refractivity contribution is 0.242. The molecular weight excluding hydrogens is 396 g/mol. The molecule has 0 N–H and O–H groups in total. The van der Waals surface area contributed by atoms with E-state index in [4.69, 9.17) is 0 Å². The van der Waals surface area contributed by atoms with E-state index < -0.39 is 0 Å². The van der Waals surface area contributed by atoms with Crippen molar-refractivity contribution in [1.29, 1.82) is 0 Å². The lowest BCUT2D eigenvalue weighted by Crippen LogP contribution is -2.49. The van der Waals surface area contributed by atoms with Crippen molar-refractivity contribution < 1.29 is 0 Å². The van der Waals surface area contributed by atoms with Gasteiger partial charge in [0.15, 0.2) is 0 Å². The van der Waals surface area contributed by atoms with Crippen molar-refractivity contribution in [2.45, 2.75) is 75.7 Å². The molecule has 0 aromatic rings. The van der Waals surface area contributed by atoms with E-state index in [-0.39, 0.29) is 21.7 Å². The van der Waals surface area contributed by atoms with Crippen molar-refractivity contribution in [3.05, 3.63) is 104 Å². The van der Waals surface area contributed by atoms with Gasteiger partial charge in [-0.05, 0) is 75.7 Å². The molecule has 0 unspecified atom stereocenters. The van der Waals surface area contributed by atoms with Crippen LogP contribution in [0.1, 0.15) is 75.7 Å². The zero-order chi connectivity index (χ0) is 24.1. The minimum atomic E-state index is -0.0840. The van der Waals surface area contributed by atoms with E-state index in [1.54, 1.807) is 0 Å². The maximum Gasteiger partial charge on any atom is 0.0315 e. The van der Waals surface area contributed by atoms with Gasteiger partial charge in [-0.1, -0.05) is 115 Å². The minimum absolute atomic E-state index is 0.0840. The van der Waals surface area contributed by atoms with Gasteiger partial charge in [0, 0.05) is 10.8 Å². The van der Waals surface area contributed by atoms with E-state index in [0.29, 0.717) is 0 Å². The lowest BCUT2D eigenvalue weighted by atomic mass is 9.44. The average molecular weight is 437 g/mol. The largest absolute Gasteiger partial charge is 0.0686 e. The van der Waals surface area contributed by atoms with Gasteiger partial charge in [0.2, 0.25) is 0 Å². The molecule has 0 radical (unpaired) electrons. The summed E-state index contributed by atoms with van der Waals surface area (Å²) in [6.45, 7) is 23.6. The van der Waals surface area contributed by atoms with Crippen LogP contribution in [-0.2, 0) is 0 Å². The molecule has 0 bridgehead atoms. The molecule has 0 fully saturated rings. The standard InChI is InChI=1S/C33H40/c1-20-13-21(2)15-27-26(14-20)28-18-24(30(3,4)5)16-22-11-12-23-17-25(31(6,7)8)19-29(27)33(23,10)32(22,28)9/h11-12,14-19H,13H2,1-10H3/t32-,33-/m0/s1. The Balaban J connectivity index is 1.98. The van der Waals surface area contributed by atoms with Gasteiger partial charge >= 0.3 is 0 Å². The van der Waals surface area contributed by atoms with E-state index in [2.05, 4.69) is 118 Å². The van der Waals surface area contributed by atoms with Gasteiger partial charge in [0.1, 0.15) is 0 Å².